The molecule has 1 aliphatic rings. The Balaban J connectivity index is 2.72. The predicted molar refractivity (Wildman–Crippen MR) is 61.6 cm³/mol. The van der Waals surface area contributed by atoms with E-state index in [0.29, 0.717) is 25.0 Å². The van der Waals surface area contributed by atoms with Crippen molar-refractivity contribution in [1.29, 1.82) is 0 Å². The Morgan fingerprint density at radius 1 is 1.44 bits per heavy atom. The first kappa shape index (κ1) is 12.9. The first-order chi connectivity index (χ1) is 7.72. The lowest BCUT2D eigenvalue weighted by molar-refractivity contribution is -0.148. The topological polar surface area (TPSA) is 47.6 Å². The molecule has 0 aliphatic carbocycles. The minimum atomic E-state index is -0.173. The molecule has 0 amide bonds. The van der Waals surface area contributed by atoms with Gasteiger partial charge < -0.3 is 14.8 Å². The van der Waals surface area contributed by atoms with Crippen molar-refractivity contribution in [2.75, 3.05) is 19.8 Å². The molecule has 0 spiro atoms. The normalized spacial score (nSPS) is 24.3. The van der Waals surface area contributed by atoms with Crippen LogP contribution in [0.1, 0.15) is 27.2 Å². The zero-order chi connectivity index (χ0) is 12.0. The molecular weight excluding hydrogens is 206 g/mol. The predicted octanol–water partition coefficient (Wildman–Crippen LogP) is 1.67. The van der Waals surface area contributed by atoms with Crippen LogP contribution in [0, 0.1) is 11.8 Å². The lowest BCUT2D eigenvalue weighted by Crippen LogP contribution is -2.37. The Bertz CT molecular complexity index is 263. The molecule has 16 heavy (non-hydrogen) atoms. The number of esters is 1. The number of carbonyl (C=O) groups excluding carboxylic acids is 1. The highest BCUT2D eigenvalue weighted by molar-refractivity contribution is 5.75. The molecule has 0 fully saturated rings. The largest absolute Gasteiger partial charge is 0.480 e. The maximum Gasteiger partial charge on any atom is 0.313 e. The van der Waals surface area contributed by atoms with E-state index in [1.54, 1.807) is 0 Å². The highest BCUT2D eigenvalue weighted by Crippen LogP contribution is 2.23. The molecule has 1 rings (SSSR count). The van der Waals surface area contributed by atoms with Gasteiger partial charge in [-0.05, 0) is 25.8 Å². The molecule has 2 atom stereocenters. The van der Waals surface area contributed by atoms with Gasteiger partial charge in [0.25, 0.3) is 0 Å². The molecule has 92 valence electrons. The average Bonchev–Trinajstić information content (AvgIpc) is 2.30. The lowest BCUT2D eigenvalue weighted by Gasteiger charge is -2.28. The van der Waals surface area contributed by atoms with Crippen molar-refractivity contribution >= 4 is 5.97 Å². The van der Waals surface area contributed by atoms with E-state index in [9.17, 15) is 4.79 Å². The van der Waals surface area contributed by atoms with Crippen molar-refractivity contribution in [3.8, 4) is 0 Å². The van der Waals surface area contributed by atoms with Crippen LogP contribution in [0.2, 0.25) is 0 Å². The molecule has 4 nitrogen and oxygen atoms in total. The Morgan fingerprint density at radius 2 is 2.19 bits per heavy atom. The second-order valence-corrected chi connectivity index (χ2v) is 3.79. The summed E-state index contributed by atoms with van der Waals surface area (Å²) >= 11 is 0. The van der Waals surface area contributed by atoms with Crippen LogP contribution in [-0.2, 0) is 14.3 Å². The number of hydrogen-bond donors (Lipinski definition) is 1. The third kappa shape index (κ3) is 3.15. The van der Waals surface area contributed by atoms with E-state index in [0.717, 1.165) is 13.0 Å². The first-order valence-corrected chi connectivity index (χ1v) is 5.98. The summed E-state index contributed by atoms with van der Waals surface area (Å²) in [7, 11) is 0. The van der Waals surface area contributed by atoms with Crippen LogP contribution in [-0.4, -0.2) is 25.7 Å². The van der Waals surface area contributed by atoms with Crippen molar-refractivity contribution in [2.24, 2.45) is 11.8 Å². The summed E-state index contributed by atoms with van der Waals surface area (Å²) in [6.45, 7) is 7.63. The smallest absolute Gasteiger partial charge is 0.313 e. The molecule has 4 heteroatoms. The maximum atomic E-state index is 11.8. The van der Waals surface area contributed by atoms with Crippen LogP contribution < -0.4 is 5.32 Å². The fourth-order valence-corrected chi connectivity index (χ4v) is 1.87. The molecule has 0 aromatic rings. The zero-order valence-corrected chi connectivity index (χ0v) is 10.3. The van der Waals surface area contributed by atoms with Gasteiger partial charge in [0.2, 0.25) is 0 Å². The second-order valence-electron chi connectivity index (χ2n) is 3.79. The molecular formula is C12H21NO3. The summed E-state index contributed by atoms with van der Waals surface area (Å²) in [4.78, 5) is 11.8. The molecule has 2 unspecified atom stereocenters. The highest BCUT2D eigenvalue weighted by Gasteiger charge is 2.30. The number of ether oxygens (including phenoxy) is 2. The van der Waals surface area contributed by atoms with E-state index >= 15 is 0 Å². The minimum Gasteiger partial charge on any atom is -0.480 e. The third-order valence-electron chi connectivity index (χ3n) is 2.76. The maximum absolute atomic E-state index is 11.8. The molecule has 0 aromatic heterocycles. The van der Waals surface area contributed by atoms with E-state index in [-0.39, 0.29) is 11.9 Å². The molecule has 0 saturated carbocycles. The van der Waals surface area contributed by atoms with Gasteiger partial charge in [0.1, 0.15) is 0 Å². The molecule has 1 heterocycles. The van der Waals surface area contributed by atoms with Crippen LogP contribution >= 0.6 is 0 Å². The van der Waals surface area contributed by atoms with Gasteiger partial charge in [-0.15, -0.1) is 0 Å². The Labute approximate surface area is 97.0 Å². The van der Waals surface area contributed by atoms with Gasteiger partial charge in [-0.2, -0.15) is 0 Å². The number of hydrogen-bond acceptors (Lipinski definition) is 4. The summed E-state index contributed by atoms with van der Waals surface area (Å²) in [6.07, 6.45) is 2.80. The van der Waals surface area contributed by atoms with Gasteiger partial charge in [-0.1, -0.05) is 13.3 Å². The van der Waals surface area contributed by atoms with E-state index in [1.165, 1.54) is 0 Å². The Kier molecular flexibility index (Phi) is 5.15. The molecule has 0 bridgehead atoms. The Hall–Kier alpha value is -1.19. The quantitative estimate of drug-likeness (QED) is 0.726. The summed E-state index contributed by atoms with van der Waals surface area (Å²) in [6, 6.07) is 0. The van der Waals surface area contributed by atoms with Crippen LogP contribution in [0.25, 0.3) is 0 Å². The third-order valence-corrected chi connectivity index (χ3v) is 2.76. The van der Waals surface area contributed by atoms with Crippen LogP contribution in [0.15, 0.2) is 12.0 Å². The van der Waals surface area contributed by atoms with Crippen LogP contribution in [0.5, 0.6) is 0 Å². The van der Waals surface area contributed by atoms with Gasteiger partial charge in [0.05, 0.1) is 19.1 Å². The average molecular weight is 227 g/mol. The van der Waals surface area contributed by atoms with Crippen LogP contribution in [0.3, 0.4) is 0 Å². The number of carbonyl (C=O) groups is 1. The first-order valence-electron chi connectivity index (χ1n) is 5.98. The summed E-state index contributed by atoms with van der Waals surface area (Å²) in [5.74, 6) is 0.675. The SMILES string of the molecule is CCOC(=O)C1C=C(OCC)NCC1CC. The fraction of sp³-hybridized carbons (Fsp3) is 0.750. The lowest BCUT2D eigenvalue weighted by atomic mass is 9.88. The van der Waals surface area contributed by atoms with Crippen LogP contribution in [0.4, 0.5) is 0 Å². The molecule has 0 aromatic carbocycles. The minimum absolute atomic E-state index is 0.145. The summed E-state index contributed by atoms with van der Waals surface area (Å²) in [5, 5.41) is 3.18. The van der Waals surface area contributed by atoms with Crippen molar-refractivity contribution in [2.45, 2.75) is 27.2 Å². The van der Waals surface area contributed by atoms with Gasteiger partial charge in [-0.3, -0.25) is 4.79 Å². The van der Waals surface area contributed by atoms with Gasteiger partial charge in [-0.25, -0.2) is 0 Å². The molecule has 0 saturated heterocycles. The van der Waals surface area contributed by atoms with Gasteiger partial charge in [0.15, 0.2) is 5.88 Å². The molecule has 1 aliphatic heterocycles. The van der Waals surface area contributed by atoms with E-state index in [1.807, 2.05) is 19.9 Å². The van der Waals surface area contributed by atoms with E-state index in [2.05, 4.69) is 12.2 Å². The Morgan fingerprint density at radius 3 is 2.75 bits per heavy atom. The van der Waals surface area contributed by atoms with Crippen molar-refractivity contribution in [3.05, 3.63) is 12.0 Å². The zero-order valence-electron chi connectivity index (χ0n) is 10.3. The highest BCUT2D eigenvalue weighted by atomic mass is 16.5. The van der Waals surface area contributed by atoms with Crippen molar-refractivity contribution in [1.82, 2.24) is 5.32 Å². The van der Waals surface area contributed by atoms with Crippen molar-refractivity contribution in [3.63, 3.8) is 0 Å². The molecule has 0 radical (unpaired) electrons. The monoisotopic (exact) mass is 227 g/mol. The van der Waals surface area contributed by atoms with E-state index in [4.69, 9.17) is 9.47 Å². The van der Waals surface area contributed by atoms with Gasteiger partial charge >= 0.3 is 5.97 Å². The number of nitrogens with one attached hydrogen (secondary N) is 1. The van der Waals surface area contributed by atoms with E-state index < -0.39 is 0 Å². The summed E-state index contributed by atoms with van der Waals surface area (Å²) in [5.41, 5.74) is 0. The molecule has 1 N–H and O–H groups in total. The number of rotatable bonds is 5. The summed E-state index contributed by atoms with van der Waals surface area (Å²) < 4.78 is 10.4. The fourth-order valence-electron chi connectivity index (χ4n) is 1.87. The standard InChI is InChI=1S/C12H21NO3/c1-4-9-8-13-11(15-5-2)7-10(9)12(14)16-6-3/h7,9-10,13H,4-6,8H2,1-3H3. The second kappa shape index (κ2) is 6.40. The van der Waals surface area contributed by atoms with Gasteiger partial charge in [0, 0.05) is 6.54 Å². The van der Waals surface area contributed by atoms with Crippen molar-refractivity contribution < 1.29 is 14.3 Å².